The van der Waals surface area contributed by atoms with E-state index in [2.05, 4.69) is 51.2 Å². The molecule has 3 fully saturated rings. The number of hydrogen-bond donors (Lipinski definition) is 2. The summed E-state index contributed by atoms with van der Waals surface area (Å²) in [6, 6.07) is 3.21. The normalized spacial score (nSPS) is 32.1. The summed E-state index contributed by atoms with van der Waals surface area (Å²) in [5.41, 5.74) is 1.63. The molecule has 3 aliphatic rings. The van der Waals surface area contributed by atoms with E-state index in [9.17, 15) is 0 Å². The van der Waals surface area contributed by atoms with Crippen molar-refractivity contribution >= 4 is 17.3 Å². The van der Waals surface area contributed by atoms with E-state index in [4.69, 9.17) is 4.74 Å². The van der Waals surface area contributed by atoms with Gasteiger partial charge < -0.3 is 15.4 Å². The van der Waals surface area contributed by atoms with Gasteiger partial charge in [-0.2, -0.15) is 11.3 Å². The Morgan fingerprint density at radius 3 is 2.81 bits per heavy atom. The predicted octanol–water partition coefficient (Wildman–Crippen LogP) is 2.69. The van der Waals surface area contributed by atoms with Crippen LogP contribution in [0.25, 0.3) is 0 Å². The molecule has 2 aliphatic heterocycles. The highest BCUT2D eigenvalue weighted by Gasteiger charge is 2.59. The maximum absolute atomic E-state index is 5.91. The van der Waals surface area contributed by atoms with E-state index >= 15 is 0 Å². The average molecular weight is 377 g/mol. The Morgan fingerprint density at radius 1 is 1.31 bits per heavy atom. The fraction of sp³-hybridized carbons (Fsp3) is 0.750. The number of fused-ring (bicyclic) bond motifs is 1. The van der Waals surface area contributed by atoms with Gasteiger partial charge in [0.05, 0.1) is 6.10 Å². The van der Waals surface area contributed by atoms with Crippen molar-refractivity contribution < 1.29 is 4.74 Å². The third-order valence-corrected chi connectivity index (χ3v) is 7.26. The zero-order valence-electron chi connectivity index (χ0n) is 16.2. The van der Waals surface area contributed by atoms with Gasteiger partial charge in [-0.3, -0.25) is 9.89 Å². The van der Waals surface area contributed by atoms with Crippen LogP contribution in [0.1, 0.15) is 38.7 Å². The summed E-state index contributed by atoms with van der Waals surface area (Å²) in [5.74, 6) is 1.60. The molecule has 1 aromatic heterocycles. The van der Waals surface area contributed by atoms with Crippen LogP contribution in [0.5, 0.6) is 0 Å². The van der Waals surface area contributed by atoms with Gasteiger partial charge in [0.15, 0.2) is 5.96 Å². The number of aliphatic imine (C=N–C) groups is 1. The maximum Gasteiger partial charge on any atom is 0.191 e. The van der Waals surface area contributed by atoms with E-state index in [1.807, 2.05) is 7.05 Å². The van der Waals surface area contributed by atoms with Crippen LogP contribution in [-0.2, 0) is 11.3 Å². The molecule has 3 atom stereocenters. The fourth-order valence-corrected chi connectivity index (χ4v) is 5.66. The minimum atomic E-state index is 0.183. The molecule has 4 rings (SSSR count). The molecule has 0 bridgehead atoms. The standard InChI is InChI=1S/C20H32N4OS/c1-20(2)17(16-6-10-25-18(16)20)23-19(21-3)22-15-4-8-24(9-5-15)12-14-7-11-26-13-14/h7,11,13,15-18H,4-6,8-10,12H2,1-3H3,(H2,21,22,23). The van der Waals surface area contributed by atoms with Gasteiger partial charge in [0.2, 0.25) is 0 Å². The van der Waals surface area contributed by atoms with Gasteiger partial charge >= 0.3 is 0 Å². The number of ether oxygens (including phenoxy) is 1. The number of guanidine groups is 1. The van der Waals surface area contributed by atoms with Crippen LogP contribution >= 0.6 is 11.3 Å². The number of nitrogens with zero attached hydrogens (tertiary/aromatic N) is 2. The van der Waals surface area contributed by atoms with Crippen molar-refractivity contribution in [3.8, 4) is 0 Å². The lowest BCUT2D eigenvalue weighted by Gasteiger charge is -2.55. The average Bonchev–Trinajstić information content (AvgIpc) is 3.30. The van der Waals surface area contributed by atoms with Crippen LogP contribution < -0.4 is 10.6 Å². The molecule has 3 unspecified atom stereocenters. The second-order valence-electron chi connectivity index (χ2n) is 8.59. The Morgan fingerprint density at radius 2 is 2.12 bits per heavy atom. The summed E-state index contributed by atoms with van der Waals surface area (Å²) >= 11 is 1.79. The molecular formula is C20H32N4OS. The van der Waals surface area contributed by atoms with Crippen molar-refractivity contribution in [2.24, 2.45) is 16.3 Å². The molecule has 6 heteroatoms. The molecule has 5 nitrogen and oxygen atoms in total. The molecule has 3 heterocycles. The summed E-state index contributed by atoms with van der Waals surface area (Å²) in [4.78, 5) is 7.07. The highest BCUT2D eigenvalue weighted by Crippen LogP contribution is 2.52. The van der Waals surface area contributed by atoms with Crippen molar-refractivity contribution in [3.63, 3.8) is 0 Å². The Kier molecular flexibility index (Phi) is 5.26. The van der Waals surface area contributed by atoms with Gasteiger partial charge in [-0.1, -0.05) is 13.8 Å². The highest BCUT2D eigenvalue weighted by atomic mass is 32.1. The first-order chi connectivity index (χ1) is 12.6. The lowest BCUT2D eigenvalue weighted by molar-refractivity contribution is -0.106. The molecule has 2 N–H and O–H groups in total. The second-order valence-corrected chi connectivity index (χ2v) is 9.37. The smallest absolute Gasteiger partial charge is 0.191 e. The van der Waals surface area contributed by atoms with E-state index in [0.29, 0.717) is 24.1 Å². The number of piperidine rings is 1. The first-order valence-electron chi connectivity index (χ1n) is 9.93. The van der Waals surface area contributed by atoms with Gasteiger partial charge in [-0.05, 0) is 41.7 Å². The quantitative estimate of drug-likeness (QED) is 0.627. The Hall–Kier alpha value is -1.11. The topological polar surface area (TPSA) is 48.9 Å². The summed E-state index contributed by atoms with van der Waals surface area (Å²) in [5, 5.41) is 11.8. The highest BCUT2D eigenvalue weighted by molar-refractivity contribution is 7.07. The summed E-state index contributed by atoms with van der Waals surface area (Å²) in [6.07, 6.45) is 3.93. The maximum atomic E-state index is 5.91. The molecule has 1 aromatic rings. The SMILES string of the molecule is CN=C(NC1CCN(Cc2ccsc2)CC1)NC1C2CCOC2C1(C)C. The first kappa shape index (κ1) is 18.3. The van der Waals surface area contributed by atoms with Crippen LogP contribution in [0.2, 0.25) is 0 Å². The molecule has 1 saturated carbocycles. The molecule has 0 amide bonds. The lowest BCUT2D eigenvalue weighted by atomic mass is 9.57. The fourth-order valence-electron chi connectivity index (χ4n) is 5.00. The van der Waals surface area contributed by atoms with Crippen LogP contribution in [0.4, 0.5) is 0 Å². The van der Waals surface area contributed by atoms with E-state index in [0.717, 1.165) is 32.2 Å². The van der Waals surface area contributed by atoms with Crippen LogP contribution in [0.15, 0.2) is 21.8 Å². The first-order valence-corrected chi connectivity index (χ1v) is 10.9. The molecule has 0 radical (unpaired) electrons. The summed E-state index contributed by atoms with van der Waals surface area (Å²) in [7, 11) is 1.88. The van der Waals surface area contributed by atoms with Gasteiger partial charge in [0, 0.05) is 56.7 Å². The van der Waals surface area contributed by atoms with Gasteiger partial charge in [0.1, 0.15) is 0 Å². The number of rotatable bonds is 4. The number of hydrogen-bond acceptors (Lipinski definition) is 4. The zero-order chi connectivity index (χ0) is 18.1. The summed E-state index contributed by atoms with van der Waals surface area (Å²) in [6.45, 7) is 8.92. The Bertz CT molecular complexity index is 622. The van der Waals surface area contributed by atoms with Crippen molar-refractivity contribution in [1.82, 2.24) is 15.5 Å². The van der Waals surface area contributed by atoms with Gasteiger partial charge in [-0.15, -0.1) is 0 Å². The molecule has 1 aliphatic carbocycles. The second kappa shape index (κ2) is 7.49. The minimum Gasteiger partial charge on any atom is -0.377 e. The number of nitrogens with one attached hydrogen (secondary N) is 2. The van der Waals surface area contributed by atoms with Gasteiger partial charge in [-0.25, -0.2) is 0 Å². The molecule has 0 aromatic carbocycles. The minimum absolute atomic E-state index is 0.183. The van der Waals surface area contributed by atoms with Crippen LogP contribution in [0, 0.1) is 11.3 Å². The summed E-state index contributed by atoms with van der Waals surface area (Å²) < 4.78 is 5.91. The number of likely N-dealkylation sites (tertiary alicyclic amines) is 1. The van der Waals surface area contributed by atoms with E-state index in [1.54, 1.807) is 11.3 Å². The molecule has 26 heavy (non-hydrogen) atoms. The van der Waals surface area contributed by atoms with Crippen molar-refractivity contribution in [2.75, 3.05) is 26.7 Å². The Balaban J connectivity index is 1.26. The van der Waals surface area contributed by atoms with Crippen molar-refractivity contribution in [1.29, 1.82) is 0 Å². The van der Waals surface area contributed by atoms with Crippen LogP contribution in [0.3, 0.4) is 0 Å². The Labute approximate surface area is 161 Å². The lowest BCUT2D eigenvalue weighted by Crippen LogP contribution is -2.68. The van der Waals surface area contributed by atoms with E-state index in [-0.39, 0.29) is 5.41 Å². The van der Waals surface area contributed by atoms with E-state index < -0.39 is 0 Å². The largest absolute Gasteiger partial charge is 0.377 e. The molecule has 0 spiro atoms. The van der Waals surface area contributed by atoms with Crippen molar-refractivity contribution in [2.45, 2.75) is 57.8 Å². The zero-order valence-corrected chi connectivity index (χ0v) is 17.0. The predicted molar refractivity (Wildman–Crippen MR) is 108 cm³/mol. The van der Waals surface area contributed by atoms with Crippen LogP contribution in [-0.4, -0.2) is 55.8 Å². The molecule has 2 saturated heterocycles. The third kappa shape index (κ3) is 3.51. The monoisotopic (exact) mass is 376 g/mol. The van der Waals surface area contributed by atoms with Gasteiger partial charge in [0.25, 0.3) is 0 Å². The third-order valence-electron chi connectivity index (χ3n) is 6.53. The molecule has 144 valence electrons. The van der Waals surface area contributed by atoms with E-state index in [1.165, 1.54) is 24.8 Å². The van der Waals surface area contributed by atoms with Crippen molar-refractivity contribution in [3.05, 3.63) is 22.4 Å². The molecular weight excluding hydrogens is 344 g/mol. The number of thiophene rings is 1.